The fraction of sp³-hybridized carbons (Fsp3) is 0.111. The molecule has 0 aliphatic rings. The molecule has 0 radical (unpaired) electrons. The molecule has 0 N–H and O–H groups in total. The summed E-state index contributed by atoms with van der Waals surface area (Å²) in [6.45, 7) is 0.0504. The van der Waals surface area contributed by atoms with E-state index in [1.54, 1.807) is 54.7 Å². The van der Waals surface area contributed by atoms with E-state index in [0.717, 1.165) is 5.56 Å². The molecule has 4 aromatic rings. The molecule has 35 heavy (non-hydrogen) atoms. The van der Waals surface area contributed by atoms with Gasteiger partial charge in [0, 0.05) is 16.0 Å². The maximum atomic E-state index is 13.8. The van der Waals surface area contributed by atoms with Crippen LogP contribution in [0.15, 0.2) is 105 Å². The molecule has 1 unspecified atom stereocenters. The van der Waals surface area contributed by atoms with Gasteiger partial charge in [-0.1, -0.05) is 60.7 Å². The molecular weight excluding hydrogens is 464 g/mol. The van der Waals surface area contributed by atoms with Gasteiger partial charge < -0.3 is 13.9 Å². The van der Waals surface area contributed by atoms with E-state index in [2.05, 4.69) is 4.36 Å². The predicted molar refractivity (Wildman–Crippen MR) is 131 cm³/mol. The minimum Gasteiger partial charge on any atom is -0.495 e. The van der Waals surface area contributed by atoms with E-state index in [9.17, 15) is 14.3 Å². The van der Waals surface area contributed by atoms with Crippen LogP contribution in [0.5, 0.6) is 5.75 Å². The number of benzene rings is 3. The number of carbonyl (C=O) groups is 1. The molecule has 1 aromatic heterocycles. The van der Waals surface area contributed by atoms with Gasteiger partial charge in [-0.05, 0) is 29.3 Å². The molecule has 0 aliphatic carbocycles. The van der Waals surface area contributed by atoms with Crippen molar-refractivity contribution in [1.29, 1.82) is 5.26 Å². The number of hydrogen-bond donors (Lipinski definition) is 0. The normalized spacial score (nSPS) is 12.2. The largest absolute Gasteiger partial charge is 0.495 e. The Morgan fingerprint density at radius 3 is 2.37 bits per heavy atom. The SMILES string of the molecule is COc1c(-c2ccoc2)ccc(CS(=O)(=NC#N)c2ccccc2)c1C(=O)OCc1ccccc1. The van der Waals surface area contributed by atoms with E-state index in [-0.39, 0.29) is 23.7 Å². The lowest BCUT2D eigenvalue weighted by molar-refractivity contribution is 0.0468. The molecule has 0 bridgehead atoms. The van der Waals surface area contributed by atoms with Crippen LogP contribution < -0.4 is 4.74 Å². The second-order valence-electron chi connectivity index (χ2n) is 7.54. The molecule has 176 valence electrons. The first-order valence-electron chi connectivity index (χ1n) is 10.7. The summed E-state index contributed by atoms with van der Waals surface area (Å²) in [5.74, 6) is -0.561. The van der Waals surface area contributed by atoms with Crippen molar-refractivity contribution < 1.29 is 22.9 Å². The molecular formula is C27H22N2O5S. The Bertz CT molecular complexity index is 1470. The monoisotopic (exact) mass is 486 g/mol. The van der Waals surface area contributed by atoms with Gasteiger partial charge in [-0.25, -0.2) is 9.00 Å². The van der Waals surface area contributed by atoms with E-state index in [4.69, 9.17) is 13.9 Å². The number of nitriles is 1. The molecule has 4 rings (SSSR count). The maximum absolute atomic E-state index is 13.8. The van der Waals surface area contributed by atoms with Crippen molar-refractivity contribution >= 4 is 15.7 Å². The van der Waals surface area contributed by atoms with Gasteiger partial charge in [0.15, 0.2) is 0 Å². The summed E-state index contributed by atoms with van der Waals surface area (Å²) in [7, 11) is -1.75. The minimum absolute atomic E-state index is 0.0504. The molecule has 3 aromatic carbocycles. The van der Waals surface area contributed by atoms with Crippen molar-refractivity contribution in [3.8, 4) is 23.1 Å². The molecule has 8 heteroatoms. The Balaban J connectivity index is 1.82. The lowest BCUT2D eigenvalue weighted by Gasteiger charge is -2.18. The average molecular weight is 487 g/mol. The minimum atomic E-state index is -3.20. The quantitative estimate of drug-likeness (QED) is 0.230. The Hall–Kier alpha value is -4.35. The zero-order valence-corrected chi connectivity index (χ0v) is 19.7. The van der Waals surface area contributed by atoms with Crippen LogP contribution in [0, 0.1) is 11.5 Å². The zero-order chi connectivity index (χ0) is 24.7. The lowest BCUT2D eigenvalue weighted by Crippen LogP contribution is -2.14. The van der Waals surface area contributed by atoms with Gasteiger partial charge in [-0.3, -0.25) is 0 Å². The number of furan rings is 1. The Morgan fingerprint density at radius 1 is 1.03 bits per heavy atom. The van der Waals surface area contributed by atoms with Gasteiger partial charge in [0.2, 0.25) is 6.19 Å². The van der Waals surface area contributed by atoms with Crippen LogP contribution in [-0.2, 0) is 26.8 Å². The van der Waals surface area contributed by atoms with Crippen LogP contribution in [0.4, 0.5) is 0 Å². The summed E-state index contributed by atoms with van der Waals surface area (Å²) >= 11 is 0. The van der Waals surface area contributed by atoms with Gasteiger partial charge in [0.25, 0.3) is 0 Å². The van der Waals surface area contributed by atoms with Crippen LogP contribution in [0.1, 0.15) is 21.5 Å². The van der Waals surface area contributed by atoms with E-state index in [0.29, 0.717) is 21.6 Å². The van der Waals surface area contributed by atoms with E-state index in [1.165, 1.54) is 19.6 Å². The molecule has 0 aliphatic heterocycles. The summed E-state index contributed by atoms with van der Waals surface area (Å²) in [6, 6.07) is 23.0. The molecule has 0 spiro atoms. The number of hydrogen-bond acceptors (Lipinski definition) is 7. The third kappa shape index (κ3) is 5.26. The van der Waals surface area contributed by atoms with Crippen molar-refractivity contribution in [2.75, 3.05) is 7.11 Å². The highest BCUT2D eigenvalue weighted by atomic mass is 32.2. The fourth-order valence-electron chi connectivity index (χ4n) is 3.70. The lowest BCUT2D eigenvalue weighted by atomic mass is 9.99. The van der Waals surface area contributed by atoms with Gasteiger partial charge >= 0.3 is 5.97 Å². The number of ether oxygens (including phenoxy) is 2. The van der Waals surface area contributed by atoms with Crippen molar-refractivity contribution in [2.24, 2.45) is 4.36 Å². The summed E-state index contributed by atoms with van der Waals surface area (Å²) in [5, 5.41) is 9.28. The van der Waals surface area contributed by atoms with Crippen molar-refractivity contribution in [2.45, 2.75) is 17.3 Å². The van der Waals surface area contributed by atoms with Gasteiger partial charge in [0.1, 0.15) is 17.9 Å². The number of methoxy groups -OCH3 is 1. The average Bonchev–Trinajstić information content (AvgIpc) is 3.43. The number of esters is 1. The van der Waals surface area contributed by atoms with E-state index in [1.807, 2.05) is 30.3 Å². The smallest absolute Gasteiger partial charge is 0.342 e. The predicted octanol–water partition coefficient (Wildman–Crippen LogP) is 5.82. The molecule has 1 atom stereocenters. The molecule has 1 heterocycles. The summed E-state index contributed by atoms with van der Waals surface area (Å²) in [6.07, 6.45) is 4.73. The highest BCUT2D eigenvalue weighted by Gasteiger charge is 2.26. The molecule has 0 saturated carbocycles. The summed E-state index contributed by atoms with van der Waals surface area (Å²) in [4.78, 5) is 13.8. The third-order valence-corrected chi connectivity index (χ3v) is 7.44. The first kappa shape index (κ1) is 23.8. The Labute approximate surface area is 203 Å². The van der Waals surface area contributed by atoms with E-state index < -0.39 is 15.7 Å². The topological polar surface area (TPSA) is 102 Å². The number of carbonyl (C=O) groups excluding carboxylic acids is 1. The third-order valence-electron chi connectivity index (χ3n) is 5.35. The Kier molecular flexibility index (Phi) is 7.29. The van der Waals surface area contributed by atoms with E-state index >= 15 is 0 Å². The van der Waals surface area contributed by atoms with Crippen molar-refractivity contribution in [1.82, 2.24) is 0 Å². The van der Waals surface area contributed by atoms with Crippen LogP contribution in [0.25, 0.3) is 11.1 Å². The van der Waals surface area contributed by atoms with Gasteiger partial charge in [-0.2, -0.15) is 5.26 Å². The first-order chi connectivity index (χ1) is 17.1. The number of rotatable bonds is 8. The number of nitrogens with zero attached hydrogens (tertiary/aromatic N) is 2. The van der Waals surface area contributed by atoms with Crippen LogP contribution in [0.2, 0.25) is 0 Å². The molecule has 0 fully saturated rings. The van der Waals surface area contributed by atoms with Crippen LogP contribution in [-0.4, -0.2) is 17.3 Å². The van der Waals surface area contributed by atoms with Gasteiger partial charge in [0.05, 0.1) is 35.1 Å². The Morgan fingerprint density at radius 2 is 1.74 bits per heavy atom. The van der Waals surface area contributed by atoms with Gasteiger partial charge in [-0.15, -0.1) is 4.36 Å². The fourth-order valence-corrected chi connectivity index (χ4v) is 5.41. The molecule has 0 amide bonds. The van der Waals surface area contributed by atoms with Crippen LogP contribution >= 0.6 is 0 Å². The zero-order valence-electron chi connectivity index (χ0n) is 18.9. The molecule has 0 saturated heterocycles. The second-order valence-corrected chi connectivity index (χ2v) is 9.77. The van der Waals surface area contributed by atoms with Crippen LogP contribution in [0.3, 0.4) is 0 Å². The van der Waals surface area contributed by atoms with Crippen molar-refractivity contribution in [3.63, 3.8) is 0 Å². The highest BCUT2D eigenvalue weighted by Crippen LogP contribution is 2.37. The molecule has 7 nitrogen and oxygen atoms in total. The van der Waals surface area contributed by atoms with Crippen molar-refractivity contribution in [3.05, 3.63) is 108 Å². The first-order valence-corrected chi connectivity index (χ1v) is 12.4. The standard InChI is InChI=1S/C27H22N2O5S/c1-32-26-24(21-14-15-33-17-21)13-12-22(18-35(31,29-19-28)23-10-6-3-7-11-23)25(26)27(30)34-16-20-8-4-2-5-9-20/h2-15,17H,16,18H2,1H3. The maximum Gasteiger partial charge on any atom is 0.342 e. The highest BCUT2D eigenvalue weighted by molar-refractivity contribution is 7.93. The second kappa shape index (κ2) is 10.7. The summed E-state index contributed by atoms with van der Waals surface area (Å²) in [5.41, 5.74) is 2.65. The summed E-state index contributed by atoms with van der Waals surface area (Å²) < 4.78 is 34.1.